The Kier molecular flexibility index (Phi) is 4.28. The standard InChI is InChI=1S/C14H20N4O4/c1-10-6-11(9-18(10)14(19)20)22-13-8-15-12(7-16-13)17-2-4-21-5-3-17/h7-8,10-11H,2-6,9H2,1H3,(H,19,20)/t10-,11+/m0/s1. The number of hydrogen-bond acceptors (Lipinski definition) is 6. The molecule has 0 radical (unpaired) electrons. The molecule has 2 fully saturated rings. The zero-order chi connectivity index (χ0) is 15.5. The Labute approximate surface area is 128 Å². The van der Waals surface area contributed by atoms with Gasteiger partial charge in [0.05, 0.1) is 32.2 Å². The summed E-state index contributed by atoms with van der Waals surface area (Å²) in [6, 6.07) is -0.0388. The Morgan fingerprint density at radius 2 is 2.14 bits per heavy atom. The van der Waals surface area contributed by atoms with Crippen molar-refractivity contribution in [3.05, 3.63) is 12.4 Å². The van der Waals surface area contributed by atoms with Gasteiger partial charge in [0.15, 0.2) is 0 Å². The maximum absolute atomic E-state index is 11.1. The van der Waals surface area contributed by atoms with E-state index in [2.05, 4.69) is 14.9 Å². The molecular formula is C14H20N4O4. The van der Waals surface area contributed by atoms with Crippen LogP contribution < -0.4 is 9.64 Å². The fourth-order valence-electron chi connectivity index (χ4n) is 2.83. The Bertz CT molecular complexity index is 518. The smallest absolute Gasteiger partial charge is 0.407 e. The van der Waals surface area contributed by atoms with Gasteiger partial charge in [-0.25, -0.2) is 14.8 Å². The van der Waals surface area contributed by atoms with Crippen molar-refractivity contribution >= 4 is 11.9 Å². The van der Waals surface area contributed by atoms with Crippen molar-refractivity contribution in [2.24, 2.45) is 0 Å². The van der Waals surface area contributed by atoms with E-state index in [-0.39, 0.29) is 12.1 Å². The second kappa shape index (κ2) is 6.35. The first-order valence-electron chi connectivity index (χ1n) is 7.44. The number of carboxylic acid groups (broad SMARTS) is 1. The molecular weight excluding hydrogens is 288 g/mol. The molecule has 0 unspecified atom stereocenters. The summed E-state index contributed by atoms with van der Waals surface area (Å²) in [5.74, 6) is 1.24. The molecule has 2 aliphatic rings. The predicted molar refractivity (Wildman–Crippen MR) is 78.3 cm³/mol. The van der Waals surface area contributed by atoms with Crippen LogP contribution in [0.1, 0.15) is 13.3 Å². The lowest BCUT2D eigenvalue weighted by Crippen LogP contribution is -2.36. The highest BCUT2D eigenvalue weighted by Gasteiger charge is 2.33. The van der Waals surface area contributed by atoms with Crippen molar-refractivity contribution in [3.8, 4) is 5.88 Å². The highest BCUT2D eigenvalue weighted by atomic mass is 16.5. The molecule has 3 heterocycles. The number of carbonyl (C=O) groups is 1. The monoisotopic (exact) mass is 308 g/mol. The summed E-state index contributed by atoms with van der Waals surface area (Å²) in [5, 5.41) is 9.07. The van der Waals surface area contributed by atoms with Gasteiger partial charge in [-0.15, -0.1) is 0 Å². The van der Waals surface area contributed by atoms with E-state index in [1.54, 1.807) is 12.4 Å². The van der Waals surface area contributed by atoms with Gasteiger partial charge in [0.2, 0.25) is 5.88 Å². The van der Waals surface area contributed by atoms with Crippen LogP contribution in [0.5, 0.6) is 5.88 Å². The highest BCUT2D eigenvalue weighted by molar-refractivity contribution is 5.65. The lowest BCUT2D eigenvalue weighted by molar-refractivity contribution is 0.122. The maximum Gasteiger partial charge on any atom is 0.407 e. The lowest BCUT2D eigenvalue weighted by Gasteiger charge is -2.27. The number of ether oxygens (including phenoxy) is 2. The topological polar surface area (TPSA) is 88.0 Å². The van der Waals surface area contributed by atoms with Gasteiger partial charge in [0, 0.05) is 25.6 Å². The van der Waals surface area contributed by atoms with E-state index < -0.39 is 6.09 Å². The van der Waals surface area contributed by atoms with E-state index in [0.29, 0.717) is 32.1 Å². The van der Waals surface area contributed by atoms with E-state index in [4.69, 9.17) is 14.6 Å². The zero-order valence-electron chi connectivity index (χ0n) is 12.5. The molecule has 1 amide bonds. The normalized spacial score (nSPS) is 25.3. The number of morpholine rings is 1. The number of nitrogens with zero attached hydrogens (tertiary/aromatic N) is 4. The van der Waals surface area contributed by atoms with Crippen LogP contribution in [0.2, 0.25) is 0 Å². The summed E-state index contributed by atoms with van der Waals surface area (Å²) in [5.41, 5.74) is 0. The van der Waals surface area contributed by atoms with Crippen LogP contribution in [0.3, 0.4) is 0 Å². The molecule has 8 nitrogen and oxygen atoms in total. The minimum atomic E-state index is -0.910. The molecule has 0 bridgehead atoms. The summed E-state index contributed by atoms with van der Waals surface area (Å²) in [6.45, 7) is 5.26. The van der Waals surface area contributed by atoms with E-state index in [1.807, 2.05) is 6.92 Å². The van der Waals surface area contributed by atoms with Crippen LogP contribution in [-0.4, -0.2) is 71.1 Å². The van der Waals surface area contributed by atoms with Gasteiger partial charge in [-0.1, -0.05) is 0 Å². The molecule has 22 heavy (non-hydrogen) atoms. The van der Waals surface area contributed by atoms with Crippen molar-refractivity contribution in [3.63, 3.8) is 0 Å². The average Bonchev–Trinajstić information content (AvgIpc) is 2.90. The van der Waals surface area contributed by atoms with E-state index in [9.17, 15) is 4.79 Å². The van der Waals surface area contributed by atoms with Gasteiger partial charge in [-0.2, -0.15) is 0 Å². The predicted octanol–water partition coefficient (Wildman–Crippen LogP) is 0.833. The minimum Gasteiger partial charge on any atom is -0.471 e. The molecule has 1 aromatic heterocycles. The quantitative estimate of drug-likeness (QED) is 0.885. The fraction of sp³-hybridized carbons (Fsp3) is 0.643. The van der Waals surface area contributed by atoms with Gasteiger partial charge in [-0.05, 0) is 6.92 Å². The third kappa shape index (κ3) is 3.22. The number of rotatable bonds is 3. The molecule has 2 aliphatic heterocycles. The minimum absolute atomic E-state index is 0.0388. The molecule has 120 valence electrons. The van der Waals surface area contributed by atoms with Crippen LogP contribution in [0.4, 0.5) is 10.6 Å². The van der Waals surface area contributed by atoms with Crippen LogP contribution >= 0.6 is 0 Å². The van der Waals surface area contributed by atoms with Crippen LogP contribution in [0.15, 0.2) is 12.4 Å². The van der Waals surface area contributed by atoms with Gasteiger partial charge in [0.1, 0.15) is 11.9 Å². The van der Waals surface area contributed by atoms with Crippen molar-refractivity contribution in [2.75, 3.05) is 37.7 Å². The van der Waals surface area contributed by atoms with Crippen LogP contribution in [0, 0.1) is 0 Å². The third-order valence-electron chi connectivity index (χ3n) is 4.02. The average molecular weight is 308 g/mol. The summed E-state index contributed by atoms with van der Waals surface area (Å²) < 4.78 is 11.1. The molecule has 8 heteroatoms. The molecule has 1 aromatic rings. The number of anilines is 1. The Hall–Kier alpha value is -2.09. The summed E-state index contributed by atoms with van der Waals surface area (Å²) in [7, 11) is 0. The largest absolute Gasteiger partial charge is 0.471 e. The zero-order valence-corrected chi connectivity index (χ0v) is 12.5. The van der Waals surface area contributed by atoms with Crippen molar-refractivity contribution < 1.29 is 19.4 Å². The van der Waals surface area contributed by atoms with E-state index in [1.165, 1.54) is 4.90 Å². The Balaban J connectivity index is 1.58. The molecule has 0 spiro atoms. The van der Waals surface area contributed by atoms with Crippen molar-refractivity contribution in [1.82, 2.24) is 14.9 Å². The highest BCUT2D eigenvalue weighted by Crippen LogP contribution is 2.22. The molecule has 1 N–H and O–H groups in total. The first kappa shape index (κ1) is 14.8. The van der Waals surface area contributed by atoms with Gasteiger partial charge in [-0.3, -0.25) is 0 Å². The molecule has 3 rings (SSSR count). The second-order valence-corrected chi connectivity index (χ2v) is 5.57. The van der Waals surface area contributed by atoms with E-state index >= 15 is 0 Å². The van der Waals surface area contributed by atoms with Crippen molar-refractivity contribution in [1.29, 1.82) is 0 Å². The Morgan fingerprint density at radius 1 is 1.36 bits per heavy atom. The number of aromatic nitrogens is 2. The fourth-order valence-corrected chi connectivity index (χ4v) is 2.83. The first-order valence-corrected chi connectivity index (χ1v) is 7.44. The molecule has 0 aliphatic carbocycles. The Morgan fingerprint density at radius 3 is 2.73 bits per heavy atom. The molecule has 2 saturated heterocycles. The summed E-state index contributed by atoms with van der Waals surface area (Å²) in [4.78, 5) is 23.2. The van der Waals surface area contributed by atoms with Crippen molar-refractivity contribution in [2.45, 2.75) is 25.5 Å². The van der Waals surface area contributed by atoms with Gasteiger partial charge in [0.25, 0.3) is 0 Å². The SMILES string of the molecule is C[C@H]1C[C@@H](Oc2cnc(N3CCOCC3)cn2)CN1C(=O)O. The van der Waals surface area contributed by atoms with Gasteiger partial charge < -0.3 is 24.4 Å². The van der Waals surface area contributed by atoms with Crippen LogP contribution in [-0.2, 0) is 4.74 Å². The van der Waals surface area contributed by atoms with Gasteiger partial charge >= 0.3 is 6.09 Å². The molecule has 0 saturated carbocycles. The number of likely N-dealkylation sites (tertiary alicyclic amines) is 1. The number of hydrogen-bond donors (Lipinski definition) is 1. The molecule has 0 aromatic carbocycles. The maximum atomic E-state index is 11.1. The third-order valence-corrected chi connectivity index (χ3v) is 4.02. The lowest BCUT2D eigenvalue weighted by atomic mass is 10.2. The summed E-state index contributed by atoms with van der Waals surface area (Å²) >= 11 is 0. The second-order valence-electron chi connectivity index (χ2n) is 5.57. The summed E-state index contributed by atoms with van der Waals surface area (Å²) in [6.07, 6.45) is 2.87. The molecule has 2 atom stereocenters. The number of amides is 1. The van der Waals surface area contributed by atoms with E-state index in [0.717, 1.165) is 18.9 Å². The first-order chi connectivity index (χ1) is 10.6. The van der Waals surface area contributed by atoms with Crippen LogP contribution in [0.25, 0.3) is 0 Å².